The van der Waals surface area contributed by atoms with Gasteiger partial charge in [0.15, 0.2) is 0 Å². The molecule has 4 nitrogen and oxygen atoms in total. The molecule has 0 atom stereocenters. The summed E-state index contributed by atoms with van der Waals surface area (Å²) in [4.78, 5) is 11.6. The predicted molar refractivity (Wildman–Crippen MR) is 90.6 cm³/mol. The molecule has 0 aromatic heterocycles. The van der Waals surface area contributed by atoms with E-state index in [9.17, 15) is 15.0 Å². The summed E-state index contributed by atoms with van der Waals surface area (Å²) in [6.45, 7) is 4.54. The molecule has 4 heteroatoms. The van der Waals surface area contributed by atoms with Crippen LogP contribution in [0.2, 0.25) is 0 Å². The first-order valence-electron chi connectivity index (χ1n) is 7.49. The summed E-state index contributed by atoms with van der Waals surface area (Å²) < 4.78 is 5.61. The molecule has 0 radical (unpaired) electrons. The second-order valence-electron chi connectivity index (χ2n) is 5.25. The van der Waals surface area contributed by atoms with Crippen LogP contribution in [-0.2, 0) is 4.79 Å². The fourth-order valence-electron chi connectivity index (χ4n) is 2.22. The number of hydrogen-bond donors (Lipinski definition) is 2. The van der Waals surface area contributed by atoms with Gasteiger partial charge < -0.3 is 14.9 Å². The molecule has 0 saturated heterocycles. The SMILES string of the molecule is CCCOc1ccc(/C(=C/c2ccccc2O)C(=O)O)cc1C. The first kappa shape index (κ1) is 16.6. The largest absolute Gasteiger partial charge is 0.507 e. The highest BCUT2D eigenvalue weighted by Crippen LogP contribution is 2.27. The van der Waals surface area contributed by atoms with E-state index in [1.54, 1.807) is 36.4 Å². The van der Waals surface area contributed by atoms with Crippen LogP contribution in [0.15, 0.2) is 42.5 Å². The van der Waals surface area contributed by atoms with Crippen molar-refractivity contribution in [2.75, 3.05) is 6.61 Å². The molecule has 0 saturated carbocycles. The number of carboxylic acid groups (broad SMARTS) is 1. The Bertz CT molecular complexity index is 732. The maximum Gasteiger partial charge on any atom is 0.336 e. The van der Waals surface area contributed by atoms with Gasteiger partial charge in [0.1, 0.15) is 11.5 Å². The molecule has 0 spiro atoms. The smallest absolute Gasteiger partial charge is 0.336 e. The van der Waals surface area contributed by atoms with Gasteiger partial charge in [-0.05, 0) is 48.7 Å². The summed E-state index contributed by atoms with van der Waals surface area (Å²) in [6, 6.07) is 11.9. The van der Waals surface area contributed by atoms with E-state index in [-0.39, 0.29) is 11.3 Å². The highest BCUT2D eigenvalue weighted by molar-refractivity contribution is 6.20. The van der Waals surface area contributed by atoms with E-state index in [0.29, 0.717) is 17.7 Å². The van der Waals surface area contributed by atoms with Crippen molar-refractivity contribution in [2.45, 2.75) is 20.3 Å². The number of carboxylic acids is 1. The number of aryl methyl sites for hydroxylation is 1. The molecule has 23 heavy (non-hydrogen) atoms. The van der Waals surface area contributed by atoms with Crippen LogP contribution in [0, 0.1) is 6.92 Å². The molecule has 0 aliphatic carbocycles. The molecule has 2 rings (SSSR count). The minimum Gasteiger partial charge on any atom is -0.507 e. The van der Waals surface area contributed by atoms with Crippen LogP contribution in [0.25, 0.3) is 11.6 Å². The van der Waals surface area contributed by atoms with Crippen LogP contribution >= 0.6 is 0 Å². The third kappa shape index (κ3) is 4.13. The summed E-state index contributed by atoms with van der Waals surface area (Å²) in [6.07, 6.45) is 2.38. The third-order valence-electron chi connectivity index (χ3n) is 3.41. The van der Waals surface area contributed by atoms with Crippen molar-refractivity contribution < 1.29 is 19.7 Å². The Balaban J connectivity index is 2.41. The molecule has 0 unspecified atom stereocenters. The van der Waals surface area contributed by atoms with Crippen molar-refractivity contribution in [3.05, 3.63) is 59.2 Å². The Morgan fingerprint density at radius 1 is 1.22 bits per heavy atom. The maximum atomic E-state index is 11.6. The van der Waals surface area contributed by atoms with Gasteiger partial charge in [-0.2, -0.15) is 0 Å². The first-order chi connectivity index (χ1) is 11.0. The number of aromatic hydroxyl groups is 1. The molecule has 2 aromatic rings. The molecular weight excluding hydrogens is 292 g/mol. The Morgan fingerprint density at radius 2 is 1.96 bits per heavy atom. The minimum absolute atomic E-state index is 0.0471. The van der Waals surface area contributed by atoms with Crippen molar-refractivity contribution in [1.82, 2.24) is 0 Å². The van der Waals surface area contributed by atoms with Gasteiger partial charge in [-0.15, -0.1) is 0 Å². The van der Waals surface area contributed by atoms with Crippen molar-refractivity contribution in [2.24, 2.45) is 0 Å². The quantitative estimate of drug-likeness (QED) is 0.622. The molecule has 0 fully saturated rings. The predicted octanol–water partition coefficient (Wildman–Crippen LogP) is 4.11. The van der Waals surface area contributed by atoms with Gasteiger partial charge in [0, 0.05) is 5.56 Å². The number of para-hydroxylation sites is 1. The van der Waals surface area contributed by atoms with E-state index in [2.05, 4.69) is 0 Å². The van der Waals surface area contributed by atoms with Crippen molar-refractivity contribution >= 4 is 17.6 Å². The second-order valence-corrected chi connectivity index (χ2v) is 5.25. The molecule has 0 heterocycles. The van der Waals surface area contributed by atoms with Gasteiger partial charge in [0.25, 0.3) is 0 Å². The zero-order chi connectivity index (χ0) is 16.8. The van der Waals surface area contributed by atoms with Gasteiger partial charge in [0.05, 0.1) is 12.2 Å². The van der Waals surface area contributed by atoms with Crippen LogP contribution in [0.3, 0.4) is 0 Å². The summed E-state index contributed by atoms with van der Waals surface area (Å²) in [5.74, 6) is -0.247. The zero-order valence-corrected chi connectivity index (χ0v) is 13.2. The number of carbonyl (C=O) groups is 1. The van der Waals surface area contributed by atoms with Gasteiger partial charge in [-0.3, -0.25) is 0 Å². The molecule has 0 bridgehead atoms. The molecule has 2 N–H and O–H groups in total. The fourth-order valence-corrected chi connectivity index (χ4v) is 2.22. The standard InChI is InChI=1S/C19H20O4/c1-3-10-23-18-9-8-14(11-13(18)2)16(19(21)22)12-15-6-4-5-7-17(15)20/h4-9,11-12,20H,3,10H2,1-2H3,(H,21,22)/b16-12-. The molecule has 120 valence electrons. The normalized spacial score (nSPS) is 11.3. The number of phenols is 1. The van der Waals surface area contributed by atoms with Crippen molar-refractivity contribution in [3.63, 3.8) is 0 Å². The zero-order valence-electron chi connectivity index (χ0n) is 13.2. The van der Waals surface area contributed by atoms with Gasteiger partial charge in [-0.25, -0.2) is 4.79 Å². The van der Waals surface area contributed by atoms with Crippen LogP contribution in [0.4, 0.5) is 0 Å². The summed E-state index contributed by atoms with van der Waals surface area (Å²) in [7, 11) is 0. The van der Waals surface area contributed by atoms with E-state index >= 15 is 0 Å². The number of benzene rings is 2. The number of aliphatic carboxylic acids is 1. The molecular formula is C19H20O4. The number of rotatable bonds is 6. The Morgan fingerprint density at radius 3 is 2.57 bits per heavy atom. The first-order valence-corrected chi connectivity index (χ1v) is 7.49. The molecule has 2 aromatic carbocycles. The van der Waals surface area contributed by atoms with Crippen LogP contribution < -0.4 is 4.74 Å². The number of ether oxygens (including phenoxy) is 1. The van der Waals surface area contributed by atoms with Crippen LogP contribution in [-0.4, -0.2) is 22.8 Å². The Hall–Kier alpha value is -2.75. The fraction of sp³-hybridized carbons (Fsp3) is 0.211. The lowest BCUT2D eigenvalue weighted by molar-refractivity contribution is -0.130. The summed E-state index contributed by atoms with van der Waals surface area (Å²) >= 11 is 0. The van der Waals surface area contributed by atoms with Gasteiger partial charge >= 0.3 is 5.97 Å². The van der Waals surface area contributed by atoms with E-state index < -0.39 is 5.97 Å². The molecule has 0 aliphatic rings. The Labute approximate surface area is 135 Å². The lowest BCUT2D eigenvalue weighted by Gasteiger charge is -2.11. The number of hydrogen-bond acceptors (Lipinski definition) is 3. The third-order valence-corrected chi connectivity index (χ3v) is 3.41. The minimum atomic E-state index is -1.05. The van der Waals surface area contributed by atoms with Gasteiger partial charge in [-0.1, -0.05) is 31.2 Å². The maximum absolute atomic E-state index is 11.6. The van der Waals surface area contributed by atoms with E-state index in [4.69, 9.17) is 4.74 Å². The van der Waals surface area contributed by atoms with E-state index in [1.165, 1.54) is 12.1 Å². The topological polar surface area (TPSA) is 66.8 Å². The highest BCUT2D eigenvalue weighted by Gasteiger charge is 2.13. The van der Waals surface area contributed by atoms with E-state index in [0.717, 1.165) is 17.7 Å². The molecule has 0 aliphatic heterocycles. The monoisotopic (exact) mass is 312 g/mol. The second kappa shape index (κ2) is 7.49. The lowest BCUT2D eigenvalue weighted by Crippen LogP contribution is -2.02. The van der Waals surface area contributed by atoms with Crippen molar-refractivity contribution in [3.8, 4) is 11.5 Å². The van der Waals surface area contributed by atoms with E-state index in [1.807, 2.05) is 13.8 Å². The molecule has 0 amide bonds. The average molecular weight is 312 g/mol. The lowest BCUT2D eigenvalue weighted by atomic mass is 10.0. The van der Waals surface area contributed by atoms with Crippen molar-refractivity contribution in [1.29, 1.82) is 0 Å². The van der Waals surface area contributed by atoms with Crippen LogP contribution in [0.5, 0.6) is 11.5 Å². The van der Waals surface area contributed by atoms with Crippen LogP contribution in [0.1, 0.15) is 30.0 Å². The summed E-state index contributed by atoms with van der Waals surface area (Å²) in [5, 5.41) is 19.3. The van der Waals surface area contributed by atoms with Gasteiger partial charge in [0.2, 0.25) is 0 Å². The average Bonchev–Trinajstić information content (AvgIpc) is 2.52. The summed E-state index contributed by atoms with van der Waals surface area (Å²) in [5.41, 5.74) is 2.04. The number of phenolic OH excluding ortho intramolecular Hbond substituents is 1. The Kier molecular flexibility index (Phi) is 5.41. The highest BCUT2D eigenvalue weighted by atomic mass is 16.5.